The molecule has 4 unspecified atom stereocenters. The third-order valence-electron chi connectivity index (χ3n) is 4.69. The first-order valence-corrected chi connectivity index (χ1v) is 7.10. The van der Waals surface area contributed by atoms with E-state index in [1.165, 1.54) is 19.3 Å². The summed E-state index contributed by atoms with van der Waals surface area (Å²) in [6.45, 7) is 1.92. The maximum atomic E-state index is 5.60. The molecule has 0 bridgehead atoms. The van der Waals surface area contributed by atoms with Gasteiger partial charge in [-0.3, -0.25) is 0 Å². The van der Waals surface area contributed by atoms with Crippen molar-refractivity contribution in [2.24, 2.45) is 11.8 Å². The van der Waals surface area contributed by atoms with Gasteiger partial charge in [-0.2, -0.15) is 4.98 Å². The molecular formula is C13H19N3O2. The molecule has 18 heavy (non-hydrogen) atoms. The van der Waals surface area contributed by atoms with Gasteiger partial charge in [-0.05, 0) is 44.1 Å². The zero-order chi connectivity index (χ0) is 11.9. The zero-order valence-electron chi connectivity index (χ0n) is 10.5. The van der Waals surface area contributed by atoms with E-state index in [4.69, 9.17) is 9.26 Å². The molecule has 4 rings (SSSR count). The van der Waals surface area contributed by atoms with Crippen LogP contribution in [0.15, 0.2) is 4.52 Å². The fraction of sp³-hybridized carbons (Fsp3) is 0.846. The Balaban J connectivity index is 1.54. The van der Waals surface area contributed by atoms with E-state index in [2.05, 4.69) is 15.5 Å². The van der Waals surface area contributed by atoms with Crippen LogP contribution in [-0.4, -0.2) is 23.3 Å². The van der Waals surface area contributed by atoms with Crippen LogP contribution in [-0.2, 0) is 4.74 Å². The van der Waals surface area contributed by atoms with Gasteiger partial charge < -0.3 is 14.6 Å². The average molecular weight is 249 g/mol. The monoisotopic (exact) mass is 249 g/mol. The topological polar surface area (TPSA) is 60.2 Å². The van der Waals surface area contributed by atoms with Crippen LogP contribution in [0.5, 0.6) is 0 Å². The highest BCUT2D eigenvalue weighted by Gasteiger charge is 2.42. The molecule has 4 atom stereocenters. The van der Waals surface area contributed by atoms with Crippen LogP contribution in [0.3, 0.4) is 0 Å². The number of rotatable bonds is 2. The molecule has 1 aromatic rings. The van der Waals surface area contributed by atoms with Crippen molar-refractivity contribution in [2.75, 3.05) is 13.2 Å². The van der Waals surface area contributed by atoms with E-state index >= 15 is 0 Å². The minimum Gasteiger partial charge on any atom is -0.370 e. The van der Waals surface area contributed by atoms with Gasteiger partial charge in [0.2, 0.25) is 11.7 Å². The fourth-order valence-corrected chi connectivity index (χ4v) is 3.74. The summed E-state index contributed by atoms with van der Waals surface area (Å²) in [6, 6.07) is 0.278. The van der Waals surface area contributed by atoms with Crippen LogP contribution >= 0.6 is 0 Å². The first-order chi connectivity index (χ1) is 8.92. The standard InChI is InChI=1S/C13H19N3O2/c1-3-8-7-14-11(9(8)4-1)13-15-12(16-18-13)10-5-2-6-17-10/h8-11,14H,1-7H2. The Hall–Kier alpha value is -0.940. The lowest BCUT2D eigenvalue weighted by molar-refractivity contribution is 0.103. The predicted octanol–water partition coefficient (Wildman–Crippen LogP) is 1.98. The van der Waals surface area contributed by atoms with Gasteiger partial charge >= 0.3 is 0 Å². The summed E-state index contributed by atoms with van der Waals surface area (Å²) in [5, 5.41) is 7.65. The van der Waals surface area contributed by atoms with Crippen LogP contribution in [0, 0.1) is 11.8 Å². The van der Waals surface area contributed by atoms with Gasteiger partial charge in [0.25, 0.3) is 0 Å². The molecule has 1 aliphatic carbocycles. The lowest BCUT2D eigenvalue weighted by Crippen LogP contribution is -2.18. The quantitative estimate of drug-likeness (QED) is 0.868. The number of aromatic nitrogens is 2. The second kappa shape index (κ2) is 4.31. The molecule has 2 saturated heterocycles. The summed E-state index contributed by atoms with van der Waals surface area (Å²) in [5.74, 6) is 3.02. The van der Waals surface area contributed by atoms with Crippen molar-refractivity contribution in [3.8, 4) is 0 Å². The SMILES string of the molecule is C1COC(c2noc(C3NCC4CCCC43)n2)C1. The number of nitrogens with one attached hydrogen (secondary N) is 1. The summed E-state index contributed by atoms with van der Waals surface area (Å²) < 4.78 is 11.1. The Bertz CT molecular complexity index is 428. The smallest absolute Gasteiger partial charge is 0.244 e. The number of hydrogen-bond donors (Lipinski definition) is 1. The molecule has 0 radical (unpaired) electrons. The number of fused-ring (bicyclic) bond motifs is 1. The predicted molar refractivity (Wildman–Crippen MR) is 63.8 cm³/mol. The molecular weight excluding hydrogens is 230 g/mol. The van der Waals surface area contributed by atoms with Crippen molar-refractivity contribution in [1.82, 2.24) is 15.5 Å². The molecule has 1 saturated carbocycles. The van der Waals surface area contributed by atoms with Gasteiger partial charge in [-0.1, -0.05) is 11.6 Å². The molecule has 0 aromatic carbocycles. The van der Waals surface area contributed by atoms with Crippen molar-refractivity contribution in [2.45, 2.75) is 44.2 Å². The molecule has 3 aliphatic rings. The molecule has 0 amide bonds. The van der Waals surface area contributed by atoms with Gasteiger partial charge in [-0.25, -0.2) is 0 Å². The van der Waals surface area contributed by atoms with Crippen LogP contribution in [0.4, 0.5) is 0 Å². The minimum atomic E-state index is 0.0586. The molecule has 2 aliphatic heterocycles. The normalized spacial score (nSPS) is 39.3. The number of hydrogen-bond acceptors (Lipinski definition) is 5. The van der Waals surface area contributed by atoms with Crippen molar-refractivity contribution >= 4 is 0 Å². The molecule has 5 nitrogen and oxygen atoms in total. The largest absolute Gasteiger partial charge is 0.370 e. The molecule has 3 fully saturated rings. The first-order valence-electron chi connectivity index (χ1n) is 7.10. The summed E-state index contributed by atoms with van der Waals surface area (Å²) in [6.07, 6.45) is 6.16. The highest BCUT2D eigenvalue weighted by molar-refractivity contribution is 5.04. The Kier molecular flexibility index (Phi) is 2.62. The van der Waals surface area contributed by atoms with E-state index in [0.717, 1.165) is 43.6 Å². The van der Waals surface area contributed by atoms with Crippen LogP contribution in [0.1, 0.15) is 56.0 Å². The van der Waals surface area contributed by atoms with E-state index < -0.39 is 0 Å². The van der Waals surface area contributed by atoms with Crippen molar-refractivity contribution in [3.05, 3.63) is 11.7 Å². The number of ether oxygens (including phenoxy) is 1. The summed E-state index contributed by atoms with van der Waals surface area (Å²) >= 11 is 0. The molecule has 0 spiro atoms. The van der Waals surface area contributed by atoms with E-state index in [9.17, 15) is 0 Å². The maximum Gasteiger partial charge on any atom is 0.244 e. The van der Waals surface area contributed by atoms with E-state index in [0.29, 0.717) is 5.92 Å². The highest BCUT2D eigenvalue weighted by atomic mass is 16.5. The summed E-state index contributed by atoms with van der Waals surface area (Å²) in [5.41, 5.74) is 0. The second-order valence-electron chi connectivity index (χ2n) is 5.73. The van der Waals surface area contributed by atoms with Crippen LogP contribution < -0.4 is 5.32 Å². The van der Waals surface area contributed by atoms with E-state index in [-0.39, 0.29) is 12.1 Å². The summed E-state index contributed by atoms with van der Waals surface area (Å²) in [4.78, 5) is 4.57. The Morgan fingerprint density at radius 2 is 2.17 bits per heavy atom. The van der Waals surface area contributed by atoms with Crippen molar-refractivity contribution < 1.29 is 9.26 Å². The molecule has 1 N–H and O–H groups in total. The Morgan fingerprint density at radius 3 is 3.06 bits per heavy atom. The first kappa shape index (κ1) is 10.9. The third kappa shape index (κ3) is 1.68. The van der Waals surface area contributed by atoms with Crippen LogP contribution in [0.2, 0.25) is 0 Å². The molecule has 1 aromatic heterocycles. The molecule has 5 heteroatoms. The lowest BCUT2D eigenvalue weighted by atomic mass is 9.94. The highest BCUT2D eigenvalue weighted by Crippen LogP contribution is 2.44. The third-order valence-corrected chi connectivity index (χ3v) is 4.69. The van der Waals surface area contributed by atoms with Gasteiger partial charge in [0, 0.05) is 6.61 Å². The fourth-order valence-electron chi connectivity index (χ4n) is 3.74. The van der Waals surface area contributed by atoms with Crippen LogP contribution in [0.25, 0.3) is 0 Å². The average Bonchev–Trinajstić information content (AvgIpc) is 3.13. The minimum absolute atomic E-state index is 0.0586. The molecule has 98 valence electrons. The summed E-state index contributed by atoms with van der Waals surface area (Å²) in [7, 11) is 0. The number of nitrogens with zero attached hydrogens (tertiary/aromatic N) is 2. The van der Waals surface area contributed by atoms with Gasteiger partial charge in [-0.15, -0.1) is 0 Å². The zero-order valence-corrected chi connectivity index (χ0v) is 10.5. The Morgan fingerprint density at radius 1 is 1.17 bits per heavy atom. The van der Waals surface area contributed by atoms with E-state index in [1.54, 1.807) is 0 Å². The lowest BCUT2D eigenvalue weighted by Gasteiger charge is -2.13. The van der Waals surface area contributed by atoms with Crippen molar-refractivity contribution in [3.63, 3.8) is 0 Å². The van der Waals surface area contributed by atoms with E-state index in [1.807, 2.05) is 0 Å². The Labute approximate surface area is 106 Å². The van der Waals surface area contributed by atoms with Crippen molar-refractivity contribution in [1.29, 1.82) is 0 Å². The van der Waals surface area contributed by atoms with Gasteiger partial charge in [0.1, 0.15) is 6.10 Å². The maximum absolute atomic E-state index is 5.60. The molecule has 3 heterocycles. The second-order valence-corrected chi connectivity index (χ2v) is 5.73. The van der Waals surface area contributed by atoms with Gasteiger partial charge in [0.05, 0.1) is 6.04 Å². The van der Waals surface area contributed by atoms with Gasteiger partial charge in [0.15, 0.2) is 0 Å².